The molecule has 3 aromatic carbocycles. The maximum atomic E-state index is 12.6. The Balaban J connectivity index is 1.57. The SMILES string of the molecule is O=C(O)CN1C(=O)C(=Cc2ccc(OCc3ccc(Cl)cc3)c(OCc3ccc(Cl)cc3)c2)SC1=S. The number of hydrogen-bond donors (Lipinski definition) is 1. The van der Waals surface area contributed by atoms with Crippen LogP contribution in [0.5, 0.6) is 11.5 Å². The molecule has 36 heavy (non-hydrogen) atoms. The highest BCUT2D eigenvalue weighted by Gasteiger charge is 2.33. The average molecular weight is 560 g/mol. The van der Waals surface area contributed by atoms with Gasteiger partial charge in [-0.3, -0.25) is 14.5 Å². The monoisotopic (exact) mass is 559 g/mol. The number of benzene rings is 3. The Kier molecular flexibility index (Phi) is 8.53. The summed E-state index contributed by atoms with van der Waals surface area (Å²) in [5.74, 6) is -0.574. The van der Waals surface area contributed by atoms with E-state index in [0.717, 1.165) is 27.8 Å². The van der Waals surface area contributed by atoms with Gasteiger partial charge in [0.25, 0.3) is 5.91 Å². The Hall–Kier alpha value is -3.04. The second kappa shape index (κ2) is 11.8. The van der Waals surface area contributed by atoms with Crippen LogP contribution in [0.25, 0.3) is 6.08 Å². The number of amides is 1. The van der Waals surface area contributed by atoms with Gasteiger partial charge in [0.15, 0.2) is 11.5 Å². The molecule has 0 aliphatic carbocycles. The number of carbonyl (C=O) groups excluding carboxylic acids is 1. The lowest BCUT2D eigenvalue weighted by Crippen LogP contribution is -2.33. The third-order valence-electron chi connectivity index (χ3n) is 5.05. The maximum Gasteiger partial charge on any atom is 0.323 e. The lowest BCUT2D eigenvalue weighted by Gasteiger charge is -2.14. The van der Waals surface area contributed by atoms with Gasteiger partial charge in [-0.15, -0.1) is 0 Å². The Morgan fingerprint density at radius 1 is 0.917 bits per heavy atom. The second-order valence-corrected chi connectivity index (χ2v) is 10.2. The molecule has 1 N–H and O–H groups in total. The number of thioether (sulfide) groups is 1. The summed E-state index contributed by atoms with van der Waals surface area (Å²) in [5, 5.41) is 10.3. The molecule has 6 nitrogen and oxygen atoms in total. The topological polar surface area (TPSA) is 76.1 Å². The van der Waals surface area contributed by atoms with E-state index in [1.165, 1.54) is 0 Å². The molecule has 1 aliphatic rings. The minimum atomic E-state index is -1.13. The fraction of sp³-hybridized carbons (Fsp3) is 0.115. The first kappa shape index (κ1) is 26.0. The van der Waals surface area contributed by atoms with Gasteiger partial charge in [0.2, 0.25) is 0 Å². The first-order valence-corrected chi connectivity index (χ1v) is 12.6. The van der Waals surface area contributed by atoms with Gasteiger partial charge in [-0.1, -0.05) is 77.5 Å². The Bertz CT molecular complexity index is 1330. The van der Waals surface area contributed by atoms with Crippen LogP contribution in [-0.4, -0.2) is 32.7 Å². The van der Waals surface area contributed by atoms with E-state index in [-0.39, 0.29) is 10.9 Å². The molecule has 0 bridgehead atoms. The molecule has 184 valence electrons. The summed E-state index contributed by atoms with van der Waals surface area (Å²) in [6.07, 6.45) is 1.65. The van der Waals surface area contributed by atoms with E-state index in [1.54, 1.807) is 48.5 Å². The number of carbonyl (C=O) groups is 2. The third kappa shape index (κ3) is 6.79. The van der Waals surface area contributed by atoms with Crippen LogP contribution in [0.15, 0.2) is 71.6 Å². The molecule has 0 radical (unpaired) electrons. The smallest absolute Gasteiger partial charge is 0.323 e. The van der Waals surface area contributed by atoms with E-state index in [4.69, 9.17) is 50.0 Å². The summed E-state index contributed by atoms with van der Waals surface area (Å²) in [5.41, 5.74) is 2.54. The minimum absolute atomic E-state index is 0.204. The van der Waals surface area contributed by atoms with E-state index in [1.807, 2.05) is 24.3 Å². The van der Waals surface area contributed by atoms with E-state index < -0.39 is 18.4 Å². The molecule has 1 amide bonds. The zero-order valence-electron chi connectivity index (χ0n) is 18.6. The Labute approximate surface area is 227 Å². The number of thiocarbonyl (C=S) groups is 1. The molecule has 0 atom stereocenters. The molecule has 1 saturated heterocycles. The number of aliphatic carboxylic acids is 1. The van der Waals surface area contributed by atoms with Crippen molar-refractivity contribution in [3.63, 3.8) is 0 Å². The van der Waals surface area contributed by atoms with Crippen LogP contribution in [0.2, 0.25) is 10.0 Å². The minimum Gasteiger partial charge on any atom is -0.485 e. The van der Waals surface area contributed by atoms with Crippen molar-refractivity contribution in [2.24, 2.45) is 0 Å². The molecular formula is C26H19Cl2NO5S2. The molecule has 0 unspecified atom stereocenters. The number of halogens is 2. The van der Waals surface area contributed by atoms with Crippen LogP contribution < -0.4 is 9.47 Å². The van der Waals surface area contributed by atoms with Gasteiger partial charge in [-0.2, -0.15) is 0 Å². The van der Waals surface area contributed by atoms with Gasteiger partial charge in [-0.25, -0.2) is 0 Å². The molecule has 3 aromatic rings. The third-order valence-corrected chi connectivity index (χ3v) is 6.93. The highest BCUT2D eigenvalue weighted by Crippen LogP contribution is 2.35. The summed E-state index contributed by atoms with van der Waals surface area (Å²) < 4.78 is 12.3. The predicted octanol–water partition coefficient (Wildman–Crippen LogP) is 6.44. The molecule has 1 aliphatic heterocycles. The van der Waals surface area contributed by atoms with E-state index in [0.29, 0.717) is 38.6 Å². The zero-order valence-corrected chi connectivity index (χ0v) is 21.8. The quantitative estimate of drug-likeness (QED) is 0.239. The van der Waals surface area contributed by atoms with Crippen molar-refractivity contribution in [2.75, 3.05) is 6.54 Å². The largest absolute Gasteiger partial charge is 0.485 e. The lowest BCUT2D eigenvalue weighted by atomic mass is 10.1. The Morgan fingerprint density at radius 3 is 2.03 bits per heavy atom. The lowest BCUT2D eigenvalue weighted by molar-refractivity contribution is -0.140. The number of rotatable bonds is 9. The summed E-state index contributed by atoms with van der Waals surface area (Å²) in [4.78, 5) is 25.1. The normalized spacial score (nSPS) is 14.4. The van der Waals surface area contributed by atoms with Gasteiger partial charge < -0.3 is 14.6 Å². The van der Waals surface area contributed by atoms with Crippen molar-refractivity contribution in [3.05, 3.63) is 98.4 Å². The highest BCUT2D eigenvalue weighted by atomic mass is 35.5. The second-order valence-electron chi connectivity index (χ2n) is 7.70. The van der Waals surface area contributed by atoms with Crippen LogP contribution >= 0.6 is 47.2 Å². The molecule has 0 spiro atoms. The van der Waals surface area contributed by atoms with Gasteiger partial charge in [0, 0.05) is 10.0 Å². The number of carboxylic acids is 1. The fourth-order valence-electron chi connectivity index (χ4n) is 3.25. The first-order valence-electron chi connectivity index (χ1n) is 10.6. The van der Waals surface area contributed by atoms with Crippen molar-refractivity contribution < 1.29 is 24.2 Å². The van der Waals surface area contributed by atoms with Crippen molar-refractivity contribution in [1.29, 1.82) is 0 Å². The van der Waals surface area contributed by atoms with Gasteiger partial charge >= 0.3 is 5.97 Å². The van der Waals surface area contributed by atoms with Crippen LogP contribution in [-0.2, 0) is 22.8 Å². The first-order chi connectivity index (χ1) is 17.3. The van der Waals surface area contributed by atoms with E-state index >= 15 is 0 Å². The molecule has 0 saturated carbocycles. The van der Waals surface area contributed by atoms with Gasteiger partial charge in [0.1, 0.15) is 24.1 Å². The fourth-order valence-corrected chi connectivity index (χ4v) is 4.76. The average Bonchev–Trinajstić information content (AvgIpc) is 3.11. The molecular weight excluding hydrogens is 541 g/mol. The molecule has 10 heteroatoms. The summed E-state index contributed by atoms with van der Waals surface area (Å²) >= 11 is 18.2. The van der Waals surface area contributed by atoms with Crippen molar-refractivity contribution in [3.8, 4) is 11.5 Å². The molecule has 0 aromatic heterocycles. The number of nitrogens with zero attached hydrogens (tertiary/aromatic N) is 1. The van der Waals surface area contributed by atoms with E-state index in [9.17, 15) is 9.59 Å². The van der Waals surface area contributed by atoms with E-state index in [2.05, 4.69) is 0 Å². The zero-order chi connectivity index (χ0) is 25.7. The van der Waals surface area contributed by atoms with Crippen molar-refractivity contribution in [2.45, 2.75) is 13.2 Å². The van der Waals surface area contributed by atoms with Gasteiger partial charge in [0.05, 0.1) is 4.91 Å². The number of carboxylic acid groups (broad SMARTS) is 1. The molecule has 1 heterocycles. The summed E-state index contributed by atoms with van der Waals surface area (Å²) in [6, 6.07) is 20.0. The number of hydrogen-bond acceptors (Lipinski definition) is 6. The molecule has 4 rings (SSSR count). The Morgan fingerprint density at radius 2 is 1.47 bits per heavy atom. The standard InChI is InChI=1S/C26H19Cl2NO5S2/c27-19-6-1-16(2-7-19)14-33-21-10-5-18(11-22(21)34-15-17-3-8-20(28)9-4-17)12-23-25(32)29(13-24(30)31)26(35)36-23/h1-12H,13-15H2,(H,30,31). The van der Waals surface area contributed by atoms with Gasteiger partial charge in [-0.05, 0) is 59.2 Å². The van der Waals surface area contributed by atoms with Crippen molar-refractivity contribution >= 4 is 69.5 Å². The highest BCUT2D eigenvalue weighted by molar-refractivity contribution is 8.26. The number of ether oxygens (including phenoxy) is 2. The predicted molar refractivity (Wildman–Crippen MR) is 146 cm³/mol. The summed E-state index contributed by atoms with van der Waals surface area (Å²) in [7, 11) is 0. The van der Waals surface area contributed by atoms with Crippen LogP contribution in [0.3, 0.4) is 0 Å². The summed E-state index contributed by atoms with van der Waals surface area (Å²) in [6.45, 7) is 0.106. The van der Waals surface area contributed by atoms with Crippen LogP contribution in [0, 0.1) is 0 Å². The van der Waals surface area contributed by atoms with Crippen LogP contribution in [0.4, 0.5) is 0 Å². The molecule has 1 fully saturated rings. The van der Waals surface area contributed by atoms with Crippen molar-refractivity contribution in [1.82, 2.24) is 4.90 Å². The maximum absolute atomic E-state index is 12.6. The van der Waals surface area contributed by atoms with Crippen LogP contribution in [0.1, 0.15) is 16.7 Å².